The van der Waals surface area contributed by atoms with Gasteiger partial charge in [0.2, 0.25) is 5.60 Å². The average molecular weight is 504 g/mol. The van der Waals surface area contributed by atoms with Gasteiger partial charge in [-0.15, -0.1) is 0 Å². The van der Waals surface area contributed by atoms with Crippen LogP contribution < -0.4 is 5.56 Å². The highest BCUT2D eigenvalue weighted by atomic mass is 16.6. The summed E-state index contributed by atoms with van der Waals surface area (Å²) < 4.78 is 12.9. The second kappa shape index (κ2) is 8.50. The molecule has 3 aromatic rings. The molecule has 2 aromatic heterocycles. The Morgan fingerprint density at radius 2 is 2.03 bits per heavy atom. The third-order valence-electron chi connectivity index (χ3n) is 7.91. The summed E-state index contributed by atoms with van der Waals surface area (Å²) in [7, 11) is 0. The molecule has 6 rings (SSSR count). The molecule has 2 aliphatic heterocycles. The van der Waals surface area contributed by atoms with E-state index in [0.717, 1.165) is 19.3 Å². The van der Waals surface area contributed by atoms with E-state index < -0.39 is 22.5 Å². The fourth-order valence-electron chi connectivity index (χ4n) is 5.90. The number of esters is 2. The van der Waals surface area contributed by atoms with Crippen LogP contribution in [0.5, 0.6) is 0 Å². The number of pyridine rings is 2. The van der Waals surface area contributed by atoms with Gasteiger partial charge in [-0.05, 0) is 37.5 Å². The largest absolute Gasteiger partial charge is 0.457 e. The molecule has 0 spiro atoms. The lowest BCUT2D eigenvalue weighted by Crippen LogP contribution is -2.48. The molecule has 10 nitrogen and oxygen atoms in total. The van der Waals surface area contributed by atoms with Crippen molar-refractivity contribution in [1.82, 2.24) is 9.55 Å². The van der Waals surface area contributed by atoms with Gasteiger partial charge in [0.25, 0.3) is 11.2 Å². The zero-order chi connectivity index (χ0) is 25.9. The Balaban J connectivity index is 1.50. The lowest BCUT2D eigenvalue weighted by molar-refractivity contribution is -0.383. The van der Waals surface area contributed by atoms with Crippen molar-refractivity contribution in [3.8, 4) is 11.4 Å². The zero-order valence-corrected chi connectivity index (χ0v) is 20.3. The van der Waals surface area contributed by atoms with E-state index in [4.69, 9.17) is 9.47 Å². The number of benzene rings is 1. The minimum absolute atomic E-state index is 0.0611. The summed E-state index contributed by atoms with van der Waals surface area (Å²) in [6.45, 7) is 1.70. The van der Waals surface area contributed by atoms with E-state index >= 15 is 0 Å². The van der Waals surface area contributed by atoms with Crippen molar-refractivity contribution in [1.29, 1.82) is 0 Å². The first-order chi connectivity index (χ1) is 17.8. The average Bonchev–Trinajstić information content (AvgIpc) is 3.27. The number of rotatable bonds is 4. The number of fused-ring (bicyclic) bond motifs is 5. The lowest BCUT2D eigenvalue weighted by Gasteiger charge is -2.37. The number of carbonyl (C=O) groups excluding carboxylic acids is 2. The number of aromatic nitrogens is 2. The van der Waals surface area contributed by atoms with E-state index in [2.05, 4.69) is 4.98 Å². The summed E-state index contributed by atoms with van der Waals surface area (Å²) in [4.78, 5) is 55.7. The molecule has 1 atom stereocenters. The minimum atomic E-state index is -1.71. The molecule has 0 amide bonds. The molecule has 0 unspecified atom stereocenters. The smallest absolute Gasteiger partial charge is 0.355 e. The lowest BCUT2D eigenvalue weighted by atomic mass is 9.84. The Morgan fingerprint density at radius 1 is 1.24 bits per heavy atom. The predicted molar refractivity (Wildman–Crippen MR) is 132 cm³/mol. The molecule has 190 valence electrons. The van der Waals surface area contributed by atoms with Crippen molar-refractivity contribution in [2.24, 2.45) is 5.92 Å². The third kappa shape index (κ3) is 3.46. The number of ether oxygens (including phenoxy) is 2. The van der Waals surface area contributed by atoms with Gasteiger partial charge in [0.15, 0.2) is 0 Å². The summed E-state index contributed by atoms with van der Waals surface area (Å²) in [5.74, 6) is -1.41. The number of hydrogen-bond donors (Lipinski definition) is 0. The zero-order valence-electron chi connectivity index (χ0n) is 20.3. The van der Waals surface area contributed by atoms with Crippen LogP contribution in [-0.4, -0.2) is 26.4 Å². The Morgan fingerprint density at radius 3 is 2.76 bits per heavy atom. The highest BCUT2D eigenvalue weighted by Crippen LogP contribution is 2.42. The third-order valence-corrected chi connectivity index (χ3v) is 7.91. The summed E-state index contributed by atoms with van der Waals surface area (Å²) in [6, 6.07) is 8.07. The van der Waals surface area contributed by atoms with Crippen molar-refractivity contribution < 1.29 is 24.0 Å². The molecule has 1 aromatic carbocycles. The first-order valence-electron chi connectivity index (χ1n) is 12.6. The molecular weight excluding hydrogens is 478 g/mol. The van der Waals surface area contributed by atoms with Gasteiger partial charge in [-0.25, -0.2) is 9.78 Å². The minimum Gasteiger partial charge on any atom is -0.457 e. The van der Waals surface area contributed by atoms with E-state index in [-0.39, 0.29) is 42.3 Å². The van der Waals surface area contributed by atoms with Crippen molar-refractivity contribution >= 4 is 28.5 Å². The monoisotopic (exact) mass is 503 g/mol. The van der Waals surface area contributed by atoms with Gasteiger partial charge in [-0.2, -0.15) is 0 Å². The number of nitrogens with zero attached hydrogens (tertiary/aromatic N) is 3. The fourth-order valence-corrected chi connectivity index (χ4v) is 5.90. The van der Waals surface area contributed by atoms with Crippen molar-refractivity contribution in [3.05, 3.63) is 67.5 Å². The molecule has 0 bridgehead atoms. The molecule has 37 heavy (non-hydrogen) atoms. The normalized spacial score (nSPS) is 20.6. The summed E-state index contributed by atoms with van der Waals surface area (Å²) in [5.41, 5.74) is 0.549. The van der Waals surface area contributed by atoms with Crippen LogP contribution in [0.3, 0.4) is 0 Å². The quantitative estimate of drug-likeness (QED) is 0.231. The first-order valence-corrected chi connectivity index (χ1v) is 12.6. The van der Waals surface area contributed by atoms with E-state index in [1.54, 1.807) is 31.2 Å². The van der Waals surface area contributed by atoms with E-state index in [0.29, 0.717) is 46.3 Å². The second-order valence-corrected chi connectivity index (χ2v) is 9.92. The van der Waals surface area contributed by atoms with E-state index in [1.807, 2.05) is 0 Å². The van der Waals surface area contributed by atoms with Crippen LogP contribution >= 0.6 is 0 Å². The number of non-ortho nitro benzene ring substituents is 1. The maximum absolute atomic E-state index is 13.6. The van der Waals surface area contributed by atoms with Crippen LogP contribution in [0.2, 0.25) is 0 Å². The van der Waals surface area contributed by atoms with Crippen LogP contribution in [0.1, 0.15) is 62.1 Å². The van der Waals surface area contributed by atoms with Gasteiger partial charge in [0, 0.05) is 17.2 Å². The molecule has 1 fully saturated rings. The molecule has 0 N–H and O–H groups in total. The molecule has 10 heteroatoms. The maximum Gasteiger partial charge on any atom is 0.355 e. The summed E-state index contributed by atoms with van der Waals surface area (Å²) in [6.07, 6.45) is 4.48. The molecule has 4 heterocycles. The SMILES string of the molecule is CC[C@@]1(OC(=O)C2CCCCC2)C(=O)OCc2c1cc1n(c2=O)Cc2cc3c([N+](=O)[O-])cccc3nc2-1. The number of nitro groups is 1. The van der Waals surface area contributed by atoms with Gasteiger partial charge in [-0.3, -0.25) is 19.7 Å². The van der Waals surface area contributed by atoms with Gasteiger partial charge in [0.1, 0.15) is 6.61 Å². The predicted octanol–water partition coefficient (Wildman–Crippen LogP) is 4.12. The molecule has 3 aliphatic rings. The van der Waals surface area contributed by atoms with Gasteiger partial charge in [0.05, 0.1) is 45.2 Å². The standard InChI is InChI=1S/C27H25N3O7/c1-2-27(37-25(32)15-7-4-3-5-8-15)19-12-22-23-16(13-29(22)24(31)18(19)14-36-26(27)33)11-17-20(28-23)9-6-10-21(17)30(34)35/h6,9-12,15H,2-5,7-8,13-14H2,1H3/t27-/m0/s1. The highest BCUT2D eigenvalue weighted by Gasteiger charge is 2.51. The number of cyclic esters (lactones) is 1. The van der Waals surface area contributed by atoms with Crippen LogP contribution in [0.15, 0.2) is 35.1 Å². The Hall–Kier alpha value is -4.08. The van der Waals surface area contributed by atoms with Gasteiger partial charge in [-0.1, -0.05) is 32.3 Å². The molecule has 1 aliphatic carbocycles. The molecular formula is C27H25N3O7. The van der Waals surface area contributed by atoms with E-state index in [1.165, 1.54) is 10.6 Å². The van der Waals surface area contributed by atoms with Crippen molar-refractivity contribution in [2.75, 3.05) is 0 Å². The van der Waals surface area contributed by atoms with Crippen LogP contribution in [0, 0.1) is 16.0 Å². The topological polar surface area (TPSA) is 131 Å². The maximum atomic E-state index is 13.6. The number of hydrogen-bond acceptors (Lipinski definition) is 8. The van der Waals surface area contributed by atoms with Crippen molar-refractivity contribution in [2.45, 2.75) is 64.2 Å². The molecule has 0 radical (unpaired) electrons. The van der Waals surface area contributed by atoms with E-state index in [9.17, 15) is 24.5 Å². The van der Waals surface area contributed by atoms with Crippen LogP contribution in [0.4, 0.5) is 5.69 Å². The second-order valence-electron chi connectivity index (χ2n) is 9.92. The van der Waals surface area contributed by atoms with Gasteiger partial charge < -0.3 is 14.0 Å². The Bertz CT molecular complexity index is 1550. The van der Waals surface area contributed by atoms with Crippen LogP contribution in [-0.2, 0) is 37.8 Å². The highest BCUT2D eigenvalue weighted by molar-refractivity contribution is 5.92. The van der Waals surface area contributed by atoms with Gasteiger partial charge >= 0.3 is 11.9 Å². The number of carbonyl (C=O) groups is 2. The molecule has 0 saturated heterocycles. The van der Waals surface area contributed by atoms with Crippen molar-refractivity contribution in [3.63, 3.8) is 0 Å². The Kier molecular flexibility index (Phi) is 5.36. The number of nitro benzene ring substituents is 1. The summed E-state index contributed by atoms with van der Waals surface area (Å²) >= 11 is 0. The summed E-state index contributed by atoms with van der Waals surface area (Å²) in [5, 5.41) is 11.9. The molecule has 1 saturated carbocycles. The fraction of sp³-hybridized carbons (Fsp3) is 0.407. The first kappa shape index (κ1) is 23.3. The Labute approximate surface area is 211 Å². The van der Waals surface area contributed by atoms with Crippen LogP contribution in [0.25, 0.3) is 22.3 Å².